The molecule has 23 heavy (non-hydrogen) atoms. The molecule has 120 valence electrons. The first-order valence-electron chi connectivity index (χ1n) is 7.25. The van der Waals surface area contributed by atoms with Crippen molar-refractivity contribution in [1.82, 2.24) is 0 Å². The van der Waals surface area contributed by atoms with E-state index in [9.17, 15) is 9.59 Å². The largest absolute Gasteiger partial charge is 0.496 e. The Balaban J connectivity index is 2.18. The second kappa shape index (κ2) is 6.96. The lowest BCUT2D eigenvalue weighted by Crippen LogP contribution is -2.20. The lowest BCUT2D eigenvalue weighted by atomic mass is 10.0. The minimum atomic E-state index is -0.560. The van der Waals surface area contributed by atoms with Crippen LogP contribution in [0, 0.1) is 13.8 Å². The molecule has 0 heterocycles. The number of primary amides is 1. The molecular formula is C18H20N2O3. The Morgan fingerprint density at radius 1 is 1.13 bits per heavy atom. The van der Waals surface area contributed by atoms with E-state index in [1.807, 2.05) is 25.1 Å². The van der Waals surface area contributed by atoms with Crippen LogP contribution in [0.5, 0.6) is 5.75 Å². The molecule has 0 fully saturated rings. The number of benzene rings is 2. The van der Waals surface area contributed by atoms with Crippen LogP contribution in [-0.4, -0.2) is 18.9 Å². The fraction of sp³-hybridized carbons (Fsp3) is 0.222. The average molecular weight is 312 g/mol. The maximum Gasteiger partial charge on any atom is 0.251 e. The first-order valence-corrected chi connectivity index (χ1v) is 7.25. The Hall–Kier alpha value is -2.82. The smallest absolute Gasteiger partial charge is 0.251 e. The SMILES string of the molecule is COc1cc(CC(=O)Nc2cccc(C)c2C(N)=O)ccc1C. The summed E-state index contributed by atoms with van der Waals surface area (Å²) in [5.74, 6) is -0.0388. The maximum absolute atomic E-state index is 12.2. The number of ether oxygens (including phenoxy) is 1. The number of hydrogen-bond acceptors (Lipinski definition) is 3. The number of rotatable bonds is 5. The highest BCUT2D eigenvalue weighted by Crippen LogP contribution is 2.21. The third-order valence-corrected chi connectivity index (χ3v) is 3.63. The number of methoxy groups -OCH3 is 1. The third kappa shape index (κ3) is 3.88. The van der Waals surface area contributed by atoms with Crippen molar-refractivity contribution in [2.75, 3.05) is 12.4 Å². The fourth-order valence-electron chi connectivity index (χ4n) is 2.45. The van der Waals surface area contributed by atoms with Gasteiger partial charge in [-0.15, -0.1) is 0 Å². The van der Waals surface area contributed by atoms with Gasteiger partial charge in [-0.1, -0.05) is 24.3 Å². The van der Waals surface area contributed by atoms with Crippen molar-refractivity contribution in [3.05, 3.63) is 58.7 Å². The van der Waals surface area contributed by atoms with Crippen molar-refractivity contribution in [2.45, 2.75) is 20.3 Å². The molecule has 2 aromatic carbocycles. The normalized spacial score (nSPS) is 10.2. The number of carbonyl (C=O) groups excluding carboxylic acids is 2. The topological polar surface area (TPSA) is 81.4 Å². The van der Waals surface area contributed by atoms with E-state index >= 15 is 0 Å². The Kier molecular flexibility index (Phi) is 5.01. The van der Waals surface area contributed by atoms with Crippen LogP contribution in [0.1, 0.15) is 27.0 Å². The van der Waals surface area contributed by atoms with E-state index in [2.05, 4.69) is 5.32 Å². The third-order valence-electron chi connectivity index (χ3n) is 3.63. The number of amides is 2. The van der Waals surface area contributed by atoms with E-state index in [1.54, 1.807) is 32.2 Å². The molecule has 5 heteroatoms. The molecule has 0 aliphatic carbocycles. The minimum Gasteiger partial charge on any atom is -0.496 e. The molecule has 0 radical (unpaired) electrons. The van der Waals surface area contributed by atoms with E-state index in [0.717, 1.165) is 22.4 Å². The van der Waals surface area contributed by atoms with Crippen molar-refractivity contribution in [1.29, 1.82) is 0 Å². The summed E-state index contributed by atoms with van der Waals surface area (Å²) in [6.45, 7) is 3.72. The zero-order chi connectivity index (χ0) is 17.0. The number of nitrogens with two attached hydrogens (primary N) is 1. The number of aryl methyl sites for hydroxylation is 2. The second-order valence-electron chi connectivity index (χ2n) is 5.39. The summed E-state index contributed by atoms with van der Waals surface area (Å²) in [7, 11) is 1.60. The minimum absolute atomic E-state index is 0.183. The monoisotopic (exact) mass is 312 g/mol. The van der Waals surface area contributed by atoms with Crippen LogP contribution in [0.15, 0.2) is 36.4 Å². The average Bonchev–Trinajstić information content (AvgIpc) is 2.48. The number of hydrogen-bond donors (Lipinski definition) is 2. The second-order valence-corrected chi connectivity index (χ2v) is 5.39. The summed E-state index contributed by atoms with van der Waals surface area (Å²) >= 11 is 0. The molecule has 0 spiro atoms. The van der Waals surface area contributed by atoms with Crippen molar-refractivity contribution in [3.63, 3.8) is 0 Å². The quantitative estimate of drug-likeness (QED) is 0.890. The van der Waals surface area contributed by atoms with Gasteiger partial charge >= 0.3 is 0 Å². The molecule has 5 nitrogen and oxygen atoms in total. The number of nitrogens with one attached hydrogen (secondary N) is 1. The molecule has 0 saturated carbocycles. The lowest BCUT2D eigenvalue weighted by molar-refractivity contribution is -0.115. The van der Waals surface area contributed by atoms with Crippen LogP contribution in [-0.2, 0) is 11.2 Å². The van der Waals surface area contributed by atoms with Crippen LogP contribution in [0.4, 0.5) is 5.69 Å². The Bertz CT molecular complexity index is 754. The summed E-state index contributed by atoms with van der Waals surface area (Å²) in [6.07, 6.45) is 0.183. The van der Waals surface area contributed by atoms with Crippen molar-refractivity contribution in [2.24, 2.45) is 5.73 Å². The first kappa shape index (κ1) is 16.5. The van der Waals surface area contributed by atoms with Gasteiger partial charge in [0.1, 0.15) is 5.75 Å². The predicted molar refractivity (Wildman–Crippen MR) is 89.8 cm³/mol. The van der Waals surface area contributed by atoms with E-state index in [4.69, 9.17) is 10.5 Å². The van der Waals surface area contributed by atoms with Gasteiger partial charge in [0.05, 0.1) is 24.8 Å². The molecule has 0 unspecified atom stereocenters. The van der Waals surface area contributed by atoms with Gasteiger partial charge in [0, 0.05) is 0 Å². The molecule has 0 aromatic heterocycles. The van der Waals surface area contributed by atoms with E-state index in [-0.39, 0.29) is 12.3 Å². The Morgan fingerprint density at radius 3 is 2.52 bits per heavy atom. The predicted octanol–water partition coefficient (Wildman–Crippen LogP) is 2.59. The molecule has 0 bridgehead atoms. The summed E-state index contributed by atoms with van der Waals surface area (Å²) in [5, 5.41) is 2.75. The van der Waals surface area contributed by atoms with Gasteiger partial charge in [-0.25, -0.2) is 0 Å². The van der Waals surface area contributed by atoms with Gasteiger partial charge in [0.2, 0.25) is 5.91 Å². The zero-order valence-electron chi connectivity index (χ0n) is 13.5. The number of anilines is 1. The Morgan fingerprint density at radius 2 is 1.87 bits per heavy atom. The van der Waals surface area contributed by atoms with Gasteiger partial charge in [0.15, 0.2) is 0 Å². The highest BCUT2D eigenvalue weighted by atomic mass is 16.5. The Labute approximate surface area is 135 Å². The molecule has 0 saturated heterocycles. The summed E-state index contributed by atoms with van der Waals surface area (Å²) < 4.78 is 5.26. The van der Waals surface area contributed by atoms with Crippen LogP contribution in [0.25, 0.3) is 0 Å². The highest BCUT2D eigenvalue weighted by Gasteiger charge is 2.14. The van der Waals surface area contributed by atoms with Crippen molar-refractivity contribution >= 4 is 17.5 Å². The van der Waals surface area contributed by atoms with Gasteiger partial charge in [-0.2, -0.15) is 0 Å². The van der Waals surface area contributed by atoms with E-state index in [0.29, 0.717) is 11.3 Å². The molecule has 2 amide bonds. The summed E-state index contributed by atoms with van der Waals surface area (Å²) in [4.78, 5) is 23.8. The fourth-order valence-corrected chi connectivity index (χ4v) is 2.45. The highest BCUT2D eigenvalue weighted by molar-refractivity contribution is 6.04. The van der Waals surface area contributed by atoms with E-state index in [1.165, 1.54) is 0 Å². The number of carbonyl (C=O) groups is 2. The van der Waals surface area contributed by atoms with Gasteiger partial charge in [-0.05, 0) is 42.7 Å². The zero-order valence-corrected chi connectivity index (χ0v) is 13.5. The van der Waals surface area contributed by atoms with Gasteiger partial charge < -0.3 is 15.8 Å². The van der Waals surface area contributed by atoms with Crippen molar-refractivity contribution in [3.8, 4) is 5.75 Å². The standard InChI is InChI=1S/C18H20N2O3/c1-11-7-8-13(9-15(11)23-3)10-16(21)20-14-6-4-5-12(2)17(14)18(19)22/h4-9H,10H2,1-3H3,(H2,19,22)(H,20,21). The molecule has 0 atom stereocenters. The van der Waals surface area contributed by atoms with Crippen LogP contribution >= 0.6 is 0 Å². The van der Waals surface area contributed by atoms with Crippen LogP contribution < -0.4 is 15.8 Å². The van der Waals surface area contributed by atoms with Crippen molar-refractivity contribution < 1.29 is 14.3 Å². The van der Waals surface area contributed by atoms with E-state index < -0.39 is 5.91 Å². The van der Waals surface area contributed by atoms with Crippen LogP contribution in [0.3, 0.4) is 0 Å². The lowest BCUT2D eigenvalue weighted by Gasteiger charge is -2.12. The van der Waals surface area contributed by atoms with Gasteiger partial charge in [-0.3, -0.25) is 9.59 Å². The molecule has 0 aliphatic rings. The molecule has 0 aliphatic heterocycles. The molecule has 2 rings (SSSR count). The summed E-state index contributed by atoms with van der Waals surface area (Å²) in [6, 6.07) is 10.8. The van der Waals surface area contributed by atoms with Crippen LogP contribution in [0.2, 0.25) is 0 Å². The molecular weight excluding hydrogens is 292 g/mol. The molecule has 3 N–H and O–H groups in total. The molecule has 2 aromatic rings. The first-order chi connectivity index (χ1) is 10.9. The maximum atomic E-state index is 12.2. The summed E-state index contributed by atoms with van der Waals surface area (Å²) in [5.41, 5.74) is 8.73. The van der Waals surface area contributed by atoms with Gasteiger partial charge in [0.25, 0.3) is 5.91 Å².